The van der Waals surface area contributed by atoms with Crippen LogP contribution in [0.4, 0.5) is 5.82 Å². The first kappa shape index (κ1) is 14.0. The molecule has 2 aromatic heterocycles. The van der Waals surface area contributed by atoms with Crippen molar-refractivity contribution in [1.29, 1.82) is 0 Å². The molecule has 0 atom stereocenters. The van der Waals surface area contributed by atoms with Crippen molar-refractivity contribution >= 4 is 33.1 Å². The fourth-order valence-electron chi connectivity index (χ4n) is 2.08. The number of nitrogens with zero attached hydrogens (tertiary/aromatic N) is 2. The van der Waals surface area contributed by atoms with E-state index >= 15 is 0 Å². The third-order valence-electron chi connectivity index (χ3n) is 3.43. The summed E-state index contributed by atoms with van der Waals surface area (Å²) < 4.78 is 0.872. The van der Waals surface area contributed by atoms with Gasteiger partial charge in [0.25, 0.3) is 0 Å². The van der Waals surface area contributed by atoms with E-state index in [2.05, 4.69) is 53.8 Å². The summed E-state index contributed by atoms with van der Waals surface area (Å²) in [5.74, 6) is 1.85. The van der Waals surface area contributed by atoms with Crippen molar-refractivity contribution in [3.05, 3.63) is 27.2 Å². The van der Waals surface area contributed by atoms with Crippen molar-refractivity contribution in [2.24, 2.45) is 0 Å². The van der Waals surface area contributed by atoms with Crippen molar-refractivity contribution in [2.45, 2.75) is 44.9 Å². The lowest BCUT2D eigenvalue weighted by Crippen LogP contribution is -2.07. The van der Waals surface area contributed by atoms with Crippen molar-refractivity contribution in [2.75, 3.05) is 5.73 Å². The Morgan fingerprint density at radius 1 is 1.25 bits per heavy atom. The molecule has 20 heavy (non-hydrogen) atoms. The highest BCUT2D eigenvalue weighted by Gasteiger charge is 2.29. The zero-order valence-corrected chi connectivity index (χ0v) is 14.3. The second-order valence-corrected chi connectivity index (χ2v) is 8.20. The molecule has 0 saturated heterocycles. The molecule has 3 rings (SSSR count). The predicted molar refractivity (Wildman–Crippen MR) is 88.1 cm³/mol. The van der Waals surface area contributed by atoms with Crippen LogP contribution in [0.15, 0.2) is 16.6 Å². The van der Waals surface area contributed by atoms with Crippen LogP contribution in [-0.2, 0) is 5.41 Å². The van der Waals surface area contributed by atoms with Crippen LogP contribution in [0.1, 0.15) is 50.1 Å². The summed E-state index contributed by atoms with van der Waals surface area (Å²) in [4.78, 5) is 11.6. The van der Waals surface area contributed by atoms with Crippen LogP contribution in [0, 0.1) is 0 Å². The molecule has 0 aromatic carbocycles. The minimum atomic E-state index is 0.156. The average Bonchev–Trinajstić information content (AvgIpc) is 3.06. The van der Waals surface area contributed by atoms with Crippen LogP contribution in [0.5, 0.6) is 0 Å². The maximum Gasteiger partial charge on any atom is 0.171 e. The third kappa shape index (κ3) is 2.61. The van der Waals surface area contributed by atoms with Crippen LogP contribution in [0.2, 0.25) is 0 Å². The number of nitrogens with two attached hydrogens (primary N) is 1. The Bertz CT molecular complexity index is 654. The second kappa shape index (κ2) is 4.81. The van der Waals surface area contributed by atoms with Gasteiger partial charge in [-0.15, -0.1) is 11.3 Å². The van der Waals surface area contributed by atoms with Gasteiger partial charge in [-0.25, -0.2) is 9.97 Å². The van der Waals surface area contributed by atoms with Crippen LogP contribution >= 0.6 is 27.3 Å². The predicted octanol–water partition coefficient (Wildman–Crippen LogP) is 4.72. The average molecular weight is 352 g/mol. The Labute approximate surface area is 131 Å². The van der Waals surface area contributed by atoms with Crippen LogP contribution in [0.3, 0.4) is 0 Å². The third-order valence-corrected chi connectivity index (χ3v) is 5.75. The van der Waals surface area contributed by atoms with Gasteiger partial charge in [0.05, 0.1) is 15.0 Å². The van der Waals surface area contributed by atoms with E-state index in [1.807, 2.05) is 0 Å². The summed E-state index contributed by atoms with van der Waals surface area (Å²) in [7, 11) is 0. The number of anilines is 1. The Morgan fingerprint density at radius 2 is 1.95 bits per heavy atom. The molecular formula is C15H18BrN3S. The number of thiophene rings is 1. The second-order valence-electron chi connectivity index (χ2n) is 6.32. The van der Waals surface area contributed by atoms with E-state index in [1.54, 1.807) is 11.3 Å². The van der Waals surface area contributed by atoms with Gasteiger partial charge in [-0.2, -0.15) is 0 Å². The van der Waals surface area contributed by atoms with Crippen molar-refractivity contribution in [3.63, 3.8) is 0 Å². The minimum Gasteiger partial charge on any atom is -0.383 e. The van der Waals surface area contributed by atoms with E-state index in [0.29, 0.717) is 11.7 Å². The van der Waals surface area contributed by atoms with Gasteiger partial charge >= 0.3 is 0 Å². The quantitative estimate of drug-likeness (QED) is 0.850. The number of hydrogen-bond acceptors (Lipinski definition) is 4. The number of hydrogen-bond donors (Lipinski definition) is 1. The Morgan fingerprint density at radius 3 is 2.50 bits per heavy atom. The molecule has 0 spiro atoms. The molecule has 2 N–H and O–H groups in total. The molecule has 1 aliphatic carbocycles. The molecule has 0 amide bonds. The molecule has 0 unspecified atom stereocenters. The van der Waals surface area contributed by atoms with Crippen molar-refractivity contribution in [1.82, 2.24) is 9.97 Å². The van der Waals surface area contributed by atoms with E-state index in [1.165, 1.54) is 17.7 Å². The first-order chi connectivity index (χ1) is 9.36. The summed E-state index contributed by atoms with van der Waals surface area (Å²) in [5.41, 5.74) is 7.25. The number of halogens is 1. The van der Waals surface area contributed by atoms with Gasteiger partial charge in [-0.1, -0.05) is 20.8 Å². The Balaban J connectivity index is 2.04. The smallest absolute Gasteiger partial charge is 0.171 e. The molecule has 1 saturated carbocycles. The summed E-state index contributed by atoms with van der Waals surface area (Å²) in [6.07, 6.45) is 2.40. The Kier molecular flexibility index (Phi) is 3.37. The van der Waals surface area contributed by atoms with Crippen LogP contribution in [0.25, 0.3) is 10.7 Å². The standard InChI is InChI=1S/C15H18BrN3S/c1-15(2,3)10-7-6-9(20-10)14-18-12(8-4-5-8)11(16)13(17)19-14/h6-8H,4-5H2,1-3H3,(H2,17,18,19). The zero-order valence-electron chi connectivity index (χ0n) is 11.9. The van der Waals surface area contributed by atoms with Gasteiger partial charge in [0, 0.05) is 10.8 Å². The van der Waals surface area contributed by atoms with Crippen molar-refractivity contribution < 1.29 is 0 Å². The van der Waals surface area contributed by atoms with E-state index in [9.17, 15) is 0 Å². The Hall–Kier alpha value is -0.940. The fourth-order valence-corrected chi connectivity index (χ4v) is 3.58. The van der Waals surface area contributed by atoms with E-state index in [0.717, 1.165) is 20.9 Å². The molecular weight excluding hydrogens is 334 g/mol. The first-order valence-corrected chi connectivity index (χ1v) is 8.41. The molecule has 2 aromatic rings. The molecule has 1 aliphatic rings. The fraction of sp³-hybridized carbons (Fsp3) is 0.467. The molecule has 1 fully saturated rings. The van der Waals surface area contributed by atoms with Gasteiger partial charge in [0.2, 0.25) is 0 Å². The maximum atomic E-state index is 6.02. The monoisotopic (exact) mass is 351 g/mol. The van der Waals surface area contributed by atoms with Gasteiger partial charge in [-0.3, -0.25) is 0 Å². The maximum absolute atomic E-state index is 6.02. The van der Waals surface area contributed by atoms with Gasteiger partial charge in [-0.05, 0) is 46.3 Å². The van der Waals surface area contributed by atoms with Crippen molar-refractivity contribution in [3.8, 4) is 10.7 Å². The SMILES string of the molecule is CC(C)(C)c1ccc(-c2nc(N)c(Br)c(C3CC3)n2)s1. The lowest BCUT2D eigenvalue weighted by molar-refractivity contribution is 0.604. The number of rotatable bonds is 2. The van der Waals surface area contributed by atoms with Gasteiger partial charge in [0.1, 0.15) is 5.82 Å². The normalized spacial score (nSPS) is 15.6. The highest BCUT2D eigenvalue weighted by molar-refractivity contribution is 9.10. The summed E-state index contributed by atoms with van der Waals surface area (Å²) >= 11 is 5.27. The molecule has 0 radical (unpaired) electrons. The lowest BCUT2D eigenvalue weighted by Gasteiger charge is -2.15. The highest BCUT2D eigenvalue weighted by Crippen LogP contribution is 2.44. The molecule has 0 bridgehead atoms. The summed E-state index contributed by atoms with van der Waals surface area (Å²) in [6.45, 7) is 6.65. The highest BCUT2D eigenvalue weighted by atomic mass is 79.9. The topological polar surface area (TPSA) is 51.8 Å². The zero-order chi connectivity index (χ0) is 14.5. The minimum absolute atomic E-state index is 0.156. The molecule has 106 valence electrons. The van der Waals surface area contributed by atoms with E-state index in [4.69, 9.17) is 10.7 Å². The molecule has 2 heterocycles. The van der Waals surface area contributed by atoms with Gasteiger partial charge < -0.3 is 5.73 Å². The largest absolute Gasteiger partial charge is 0.383 e. The summed E-state index contributed by atoms with van der Waals surface area (Å²) in [5, 5.41) is 0. The number of nitrogen functional groups attached to an aromatic ring is 1. The van der Waals surface area contributed by atoms with E-state index in [-0.39, 0.29) is 5.41 Å². The van der Waals surface area contributed by atoms with E-state index < -0.39 is 0 Å². The van der Waals surface area contributed by atoms with Crippen LogP contribution < -0.4 is 5.73 Å². The number of aromatic nitrogens is 2. The molecule has 0 aliphatic heterocycles. The summed E-state index contributed by atoms with van der Waals surface area (Å²) in [6, 6.07) is 4.27. The lowest BCUT2D eigenvalue weighted by atomic mass is 9.95. The molecule has 5 heteroatoms. The first-order valence-electron chi connectivity index (χ1n) is 6.80. The molecule has 3 nitrogen and oxygen atoms in total. The van der Waals surface area contributed by atoms with Gasteiger partial charge in [0.15, 0.2) is 5.82 Å². The van der Waals surface area contributed by atoms with Crippen LogP contribution in [-0.4, -0.2) is 9.97 Å².